The van der Waals surface area contributed by atoms with Crippen LogP contribution in [-0.4, -0.2) is 28.0 Å². The highest BCUT2D eigenvalue weighted by molar-refractivity contribution is 5.84. The number of nitrogens with one attached hydrogen (secondary N) is 1. The molecule has 16 heavy (non-hydrogen) atoms. The van der Waals surface area contributed by atoms with E-state index >= 15 is 0 Å². The highest BCUT2D eigenvalue weighted by atomic mass is 16.4. The lowest BCUT2D eigenvalue weighted by Gasteiger charge is -2.11. The van der Waals surface area contributed by atoms with Crippen molar-refractivity contribution in [1.82, 2.24) is 10.3 Å². The number of aliphatic carboxylic acids is 1. The molecule has 0 saturated heterocycles. The van der Waals surface area contributed by atoms with Gasteiger partial charge in [0.1, 0.15) is 6.04 Å². The maximum atomic E-state index is 11.5. The highest BCUT2D eigenvalue weighted by Gasteiger charge is 2.17. The van der Waals surface area contributed by atoms with Gasteiger partial charge in [-0.2, -0.15) is 0 Å². The van der Waals surface area contributed by atoms with E-state index in [1.54, 1.807) is 31.5 Å². The first-order valence-corrected chi connectivity index (χ1v) is 5.04. The molecule has 5 nitrogen and oxygen atoms in total. The van der Waals surface area contributed by atoms with Crippen molar-refractivity contribution in [2.24, 2.45) is 0 Å². The van der Waals surface area contributed by atoms with Gasteiger partial charge in [-0.1, -0.05) is 13.0 Å². The van der Waals surface area contributed by atoms with Gasteiger partial charge in [-0.25, -0.2) is 4.79 Å². The van der Waals surface area contributed by atoms with Gasteiger partial charge in [0.2, 0.25) is 5.91 Å². The number of amides is 1. The molecule has 0 unspecified atom stereocenters. The van der Waals surface area contributed by atoms with Crippen LogP contribution in [0.3, 0.4) is 0 Å². The predicted octanol–water partition coefficient (Wildman–Crippen LogP) is 0.603. The summed E-state index contributed by atoms with van der Waals surface area (Å²) in [5.74, 6) is -1.32. The van der Waals surface area contributed by atoms with Crippen molar-refractivity contribution in [2.45, 2.75) is 25.8 Å². The van der Waals surface area contributed by atoms with Crippen molar-refractivity contribution in [3.8, 4) is 0 Å². The summed E-state index contributed by atoms with van der Waals surface area (Å²) in [6, 6.07) is 2.69. The molecule has 0 radical (unpaired) electrons. The summed E-state index contributed by atoms with van der Waals surface area (Å²) in [4.78, 5) is 26.1. The molecule has 1 aromatic rings. The van der Waals surface area contributed by atoms with Crippen molar-refractivity contribution in [1.29, 1.82) is 0 Å². The van der Waals surface area contributed by atoms with Gasteiger partial charge in [-0.05, 0) is 18.1 Å². The lowest BCUT2D eigenvalue weighted by atomic mass is 10.2. The Hall–Kier alpha value is -1.91. The van der Waals surface area contributed by atoms with E-state index in [1.807, 2.05) is 0 Å². The summed E-state index contributed by atoms with van der Waals surface area (Å²) in [6.45, 7) is 1.71. The van der Waals surface area contributed by atoms with Crippen LogP contribution in [0, 0.1) is 0 Å². The molecule has 0 aromatic carbocycles. The molecule has 0 fully saturated rings. The van der Waals surface area contributed by atoms with Gasteiger partial charge in [-0.15, -0.1) is 0 Å². The summed E-state index contributed by atoms with van der Waals surface area (Å²) in [5, 5.41) is 11.2. The number of nitrogens with zero attached hydrogens (tertiary/aromatic N) is 1. The summed E-state index contributed by atoms with van der Waals surface area (Å²) in [6.07, 6.45) is 3.72. The van der Waals surface area contributed by atoms with Crippen LogP contribution in [0.1, 0.15) is 18.9 Å². The Morgan fingerprint density at radius 2 is 2.31 bits per heavy atom. The molecule has 0 bridgehead atoms. The summed E-state index contributed by atoms with van der Waals surface area (Å²) in [5.41, 5.74) is 0.764. The van der Waals surface area contributed by atoms with Crippen molar-refractivity contribution in [3.63, 3.8) is 0 Å². The third-order valence-corrected chi connectivity index (χ3v) is 2.13. The van der Waals surface area contributed by atoms with Crippen LogP contribution in [0.5, 0.6) is 0 Å². The Morgan fingerprint density at radius 1 is 1.56 bits per heavy atom. The Bertz CT molecular complexity index is 365. The van der Waals surface area contributed by atoms with Crippen LogP contribution < -0.4 is 5.32 Å². The quantitative estimate of drug-likeness (QED) is 0.764. The summed E-state index contributed by atoms with van der Waals surface area (Å²) < 4.78 is 0. The van der Waals surface area contributed by atoms with E-state index in [9.17, 15) is 9.59 Å². The minimum atomic E-state index is -1.01. The van der Waals surface area contributed by atoms with Crippen molar-refractivity contribution in [2.75, 3.05) is 0 Å². The lowest BCUT2D eigenvalue weighted by molar-refractivity contribution is -0.141. The average Bonchev–Trinajstić information content (AvgIpc) is 2.27. The maximum Gasteiger partial charge on any atom is 0.326 e. The third-order valence-electron chi connectivity index (χ3n) is 2.13. The first-order valence-electron chi connectivity index (χ1n) is 5.04. The monoisotopic (exact) mass is 222 g/mol. The Kier molecular flexibility index (Phi) is 4.44. The molecule has 5 heteroatoms. The van der Waals surface area contributed by atoms with Crippen molar-refractivity contribution < 1.29 is 14.7 Å². The zero-order valence-corrected chi connectivity index (χ0v) is 9.01. The van der Waals surface area contributed by atoms with Crippen LogP contribution in [0.4, 0.5) is 0 Å². The van der Waals surface area contributed by atoms with Crippen LogP contribution >= 0.6 is 0 Å². The molecule has 0 aliphatic rings. The summed E-state index contributed by atoms with van der Waals surface area (Å²) >= 11 is 0. The molecule has 0 aliphatic carbocycles. The highest BCUT2D eigenvalue weighted by Crippen LogP contribution is 1.98. The standard InChI is InChI=1S/C11H14N2O3/c1-2-9(11(15)16)13-10(14)6-8-4-3-5-12-7-8/h3-5,7,9H,2,6H2,1H3,(H,13,14)(H,15,16)/t9-/m1/s1. The lowest BCUT2D eigenvalue weighted by Crippen LogP contribution is -2.40. The van der Waals surface area contributed by atoms with Crippen molar-refractivity contribution in [3.05, 3.63) is 30.1 Å². The van der Waals surface area contributed by atoms with Crippen LogP contribution in [0.15, 0.2) is 24.5 Å². The van der Waals surface area contributed by atoms with E-state index in [0.717, 1.165) is 5.56 Å². The molecule has 86 valence electrons. The number of carboxylic acids is 1. The normalized spacial score (nSPS) is 11.8. The topological polar surface area (TPSA) is 79.3 Å². The molecule has 1 heterocycles. The zero-order chi connectivity index (χ0) is 12.0. The number of hydrogen-bond acceptors (Lipinski definition) is 3. The van der Waals surface area contributed by atoms with E-state index in [0.29, 0.717) is 6.42 Å². The minimum absolute atomic E-state index is 0.150. The molecule has 0 saturated carbocycles. The largest absolute Gasteiger partial charge is 0.480 e. The molecule has 2 N–H and O–H groups in total. The number of hydrogen-bond donors (Lipinski definition) is 2. The second kappa shape index (κ2) is 5.85. The first-order chi connectivity index (χ1) is 7.63. The number of rotatable bonds is 5. The third kappa shape index (κ3) is 3.68. The zero-order valence-electron chi connectivity index (χ0n) is 9.01. The first kappa shape index (κ1) is 12.2. The SMILES string of the molecule is CC[C@@H](NC(=O)Cc1cccnc1)C(=O)O. The number of carbonyl (C=O) groups excluding carboxylic acids is 1. The molecule has 1 amide bonds. The fourth-order valence-electron chi connectivity index (χ4n) is 1.27. The second-order valence-corrected chi connectivity index (χ2v) is 3.40. The molecular weight excluding hydrogens is 208 g/mol. The van der Waals surface area contributed by atoms with Crippen LogP contribution in [0.25, 0.3) is 0 Å². The van der Waals surface area contributed by atoms with Crippen LogP contribution in [0.2, 0.25) is 0 Å². The van der Waals surface area contributed by atoms with Gasteiger partial charge in [0.05, 0.1) is 6.42 Å². The van der Waals surface area contributed by atoms with E-state index in [-0.39, 0.29) is 12.3 Å². The van der Waals surface area contributed by atoms with E-state index in [4.69, 9.17) is 5.11 Å². The van der Waals surface area contributed by atoms with E-state index < -0.39 is 12.0 Å². The Labute approximate surface area is 93.5 Å². The van der Waals surface area contributed by atoms with Crippen molar-refractivity contribution >= 4 is 11.9 Å². The number of aromatic nitrogens is 1. The Balaban J connectivity index is 2.50. The number of pyridine rings is 1. The maximum absolute atomic E-state index is 11.5. The van der Waals surface area contributed by atoms with E-state index in [1.165, 1.54) is 0 Å². The average molecular weight is 222 g/mol. The number of carbonyl (C=O) groups is 2. The van der Waals surface area contributed by atoms with Gasteiger partial charge < -0.3 is 10.4 Å². The molecule has 1 aromatic heterocycles. The van der Waals surface area contributed by atoms with Gasteiger partial charge in [0.25, 0.3) is 0 Å². The predicted molar refractivity (Wildman–Crippen MR) is 57.8 cm³/mol. The number of carboxylic acid groups (broad SMARTS) is 1. The van der Waals surface area contributed by atoms with Gasteiger partial charge in [0.15, 0.2) is 0 Å². The van der Waals surface area contributed by atoms with Gasteiger partial charge in [0, 0.05) is 12.4 Å². The fourth-order valence-corrected chi connectivity index (χ4v) is 1.27. The van der Waals surface area contributed by atoms with Crippen LogP contribution in [-0.2, 0) is 16.0 Å². The smallest absolute Gasteiger partial charge is 0.326 e. The molecule has 1 atom stereocenters. The Morgan fingerprint density at radius 3 is 2.81 bits per heavy atom. The minimum Gasteiger partial charge on any atom is -0.480 e. The van der Waals surface area contributed by atoms with E-state index in [2.05, 4.69) is 10.3 Å². The second-order valence-electron chi connectivity index (χ2n) is 3.40. The molecule has 0 spiro atoms. The van der Waals surface area contributed by atoms with Gasteiger partial charge >= 0.3 is 5.97 Å². The molecular formula is C11H14N2O3. The molecule has 1 rings (SSSR count). The fraction of sp³-hybridized carbons (Fsp3) is 0.364. The summed E-state index contributed by atoms with van der Waals surface area (Å²) in [7, 11) is 0. The van der Waals surface area contributed by atoms with Gasteiger partial charge in [-0.3, -0.25) is 9.78 Å². The molecule has 0 aliphatic heterocycles.